The van der Waals surface area contributed by atoms with Gasteiger partial charge in [0.2, 0.25) is 5.91 Å². The fourth-order valence-corrected chi connectivity index (χ4v) is 2.41. The van der Waals surface area contributed by atoms with E-state index in [0.717, 1.165) is 11.3 Å². The second kappa shape index (κ2) is 6.67. The van der Waals surface area contributed by atoms with Crippen LogP contribution in [0.1, 0.15) is 31.9 Å². The molecule has 2 unspecified atom stereocenters. The number of rotatable bonds is 6. The first-order chi connectivity index (χ1) is 8.08. The SMILES string of the molecule is CCC(Sc1ccc(C(C)NC)cc1)C(N)=O. The number of carbonyl (C=O) groups excluding carboxylic acids is 1. The molecule has 0 aliphatic carbocycles. The van der Waals surface area contributed by atoms with E-state index in [1.54, 1.807) is 0 Å². The van der Waals surface area contributed by atoms with Gasteiger partial charge in [-0.3, -0.25) is 4.79 Å². The van der Waals surface area contributed by atoms with Gasteiger partial charge in [-0.15, -0.1) is 11.8 Å². The van der Waals surface area contributed by atoms with Gasteiger partial charge in [0.15, 0.2) is 0 Å². The van der Waals surface area contributed by atoms with Gasteiger partial charge in [-0.25, -0.2) is 0 Å². The second-order valence-electron chi connectivity index (χ2n) is 4.00. The minimum Gasteiger partial charge on any atom is -0.369 e. The van der Waals surface area contributed by atoms with Crippen LogP contribution in [-0.4, -0.2) is 18.2 Å². The molecule has 1 amide bonds. The summed E-state index contributed by atoms with van der Waals surface area (Å²) in [6, 6.07) is 8.58. The quantitative estimate of drug-likeness (QED) is 0.764. The number of nitrogens with one attached hydrogen (secondary N) is 1. The summed E-state index contributed by atoms with van der Waals surface area (Å²) in [7, 11) is 1.94. The van der Waals surface area contributed by atoms with Crippen LogP contribution in [0, 0.1) is 0 Å². The normalized spacial score (nSPS) is 14.3. The fraction of sp³-hybridized carbons (Fsp3) is 0.462. The highest BCUT2D eigenvalue weighted by atomic mass is 32.2. The van der Waals surface area contributed by atoms with Gasteiger partial charge < -0.3 is 11.1 Å². The summed E-state index contributed by atoms with van der Waals surface area (Å²) in [6.45, 7) is 4.08. The largest absolute Gasteiger partial charge is 0.369 e. The lowest BCUT2D eigenvalue weighted by Crippen LogP contribution is -2.24. The van der Waals surface area contributed by atoms with Crippen molar-refractivity contribution >= 4 is 17.7 Å². The third-order valence-electron chi connectivity index (χ3n) is 2.78. The molecule has 2 atom stereocenters. The van der Waals surface area contributed by atoms with Crippen molar-refractivity contribution in [2.24, 2.45) is 5.73 Å². The Hall–Kier alpha value is -1.00. The highest BCUT2D eigenvalue weighted by molar-refractivity contribution is 8.00. The Labute approximate surface area is 107 Å². The average molecular weight is 252 g/mol. The average Bonchev–Trinajstić information content (AvgIpc) is 2.35. The molecule has 0 saturated carbocycles. The molecule has 0 fully saturated rings. The Balaban J connectivity index is 2.71. The summed E-state index contributed by atoms with van der Waals surface area (Å²) < 4.78 is 0. The number of amides is 1. The first-order valence-corrected chi connectivity index (χ1v) is 6.69. The van der Waals surface area contributed by atoms with E-state index in [-0.39, 0.29) is 11.2 Å². The fourth-order valence-electron chi connectivity index (χ4n) is 1.51. The molecule has 94 valence electrons. The summed E-state index contributed by atoms with van der Waals surface area (Å²) in [4.78, 5) is 12.2. The van der Waals surface area contributed by atoms with E-state index in [9.17, 15) is 4.79 Å². The summed E-state index contributed by atoms with van der Waals surface area (Å²) in [6.07, 6.45) is 0.759. The molecular weight excluding hydrogens is 232 g/mol. The van der Waals surface area contributed by atoms with E-state index >= 15 is 0 Å². The Morgan fingerprint density at radius 3 is 2.41 bits per heavy atom. The lowest BCUT2D eigenvalue weighted by atomic mass is 10.1. The van der Waals surface area contributed by atoms with Gasteiger partial charge in [0.1, 0.15) is 0 Å². The van der Waals surface area contributed by atoms with Crippen LogP contribution >= 0.6 is 11.8 Å². The summed E-state index contributed by atoms with van der Waals surface area (Å²) in [5, 5.41) is 3.05. The number of benzene rings is 1. The van der Waals surface area contributed by atoms with Gasteiger partial charge in [0.25, 0.3) is 0 Å². The van der Waals surface area contributed by atoms with Gasteiger partial charge in [0, 0.05) is 10.9 Å². The molecule has 4 heteroatoms. The van der Waals surface area contributed by atoms with Crippen LogP contribution in [0.3, 0.4) is 0 Å². The van der Waals surface area contributed by atoms with Gasteiger partial charge in [0.05, 0.1) is 5.25 Å². The lowest BCUT2D eigenvalue weighted by molar-refractivity contribution is -0.117. The van der Waals surface area contributed by atoms with E-state index in [1.807, 2.05) is 26.1 Å². The predicted octanol–water partition coefficient (Wildman–Crippen LogP) is 2.32. The zero-order valence-corrected chi connectivity index (χ0v) is 11.4. The Kier molecular flexibility index (Phi) is 5.51. The van der Waals surface area contributed by atoms with Gasteiger partial charge >= 0.3 is 0 Å². The molecule has 3 N–H and O–H groups in total. The van der Waals surface area contributed by atoms with E-state index < -0.39 is 0 Å². The van der Waals surface area contributed by atoms with E-state index in [1.165, 1.54) is 17.3 Å². The van der Waals surface area contributed by atoms with Crippen molar-refractivity contribution in [1.82, 2.24) is 5.32 Å². The molecular formula is C13H20N2OS. The van der Waals surface area contributed by atoms with Crippen molar-refractivity contribution in [2.75, 3.05) is 7.05 Å². The van der Waals surface area contributed by atoms with Gasteiger partial charge in [-0.1, -0.05) is 19.1 Å². The van der Waals surface area contributed by atoms with Crippen LogP contribution in [0.4, 0.5) is 0 Å². The van der Waals surface area contributed by atoms with Crippen LogP contribution < -0.4 is 11.1 Å². The van der Waals surface area contributed by atoms with E-state index in [4.69, 9.17) is 5.73 Å². The number of thioether (sulfide) groups is 1. The first kappa shape index (κ1) is 14.1. The highest BCUT2D eigenvalue weighted by Gasteiger charge is 2.14. The van der Waals surface area contributed by atoms with Crippen LogP contribution in [-0.2, 0) is 4.79 Å². The minimum atomic E-state index is -0.245. The topological polar surface area (TPSA) is 55.1 Å². The number of carbonyl (C=O) groups is 1. The van der Waals surface area contributed by atoms with Crippen molar-refractivity contribution in [2.45, 2.75) is 36.5 Å². The van der Waals surface area contributed by atoms with E-state index in [2.05, 4.69) is 24.4 Å². The van der Waals surface area contributed by atoms with E-state index in [0.29, 0.717) is 6.04 Å². The maximum Gasteiger partial charge on any atom is 0.230 e. The first-order valence-electron chi connectivity index (χ1n) is 5.81. The van der Waals surface area contributed by atoms with Crippen LogP contribution in [0.2, 0.25) is 0 Å². The number of nitrogens with two attached hydrogens (primary N) is 1. The molecule has 0 aliphatic rings. The number of hydrogen-bond acceptors (Lipinski definition) is 3. The Bertz CT molecular complexity index is 364. The molecule has 0 aliphatic heterocycles. The zero-order valence-electron chi connectivity index (χ0n) is 10.6. The molecule has 1 aromatic carbocycles. The molecule has 17 heavy (non-hydrogen) atoms. The van der Waals surface area contributed by atoms with Crippen molar-refractivity contribution in [3.63, 3.8) is 0 Å². The standard InChI is InChI=1S/C13H20N2OS/c1-4-12(13(14)16)17-11-7-5-10(6-8-11)9(2)15-3/h5-9,12,15H,4H2,1-3H3,(H2,14,16). The third-order valence-corrected chi connectivity index (χ3v) is 4.17. The molecule has 0 aromatic heterocycles. The lowest BCUT2D eigenvalue weighted by Gasteiger charge is -2.13. The van der Waals surface area contributed by atoms with Gasteiger partial charge in [-0.2, -0.15) is 0 Å². The van der Waals surface area contributed by atoms with Gasteiger partial charge in [-0.05, 0) is 38.1 Å². The highest BCUT2D eigenvalue weighted by Crippen LogP contribution is 2.26. The molecule has 1 rings (SSSR count). The zero-order chi connectivity index (χ0) is 12.8. The third kappa shape index (κ3) is 4.06. The molecule has 3 nitrogen and oxygen atoms in total. The number of hydrogen-bond donors (Lipinski definition) is 2. The summed E-state index contributed by atoms with van der Waals surface area (Å²) >= 11 is 1.53. The molecule has 0 radical (unpaired) electrons. The minimum absolute atomic E-state index is 0.137. The molecule has 0 bridgehead atoms. The smallest absolute Gasteiger partial charge is 0.230 e. The maximum atomic E-state index is 11.1. The van der Waals surface area contributed by atoms with Crippen LogP contribution in [0.15, 0.2) is 29.2 Å². The molecule has 0 heterocycles. The Morgan fingerprint density at radius 2 is 2.00 bits per heavy atom. The second-order valence-corrected chi connectivity index (χ2v) is 5.27. The van der Waals surface area contributed by atoms with Crippen molar-refractivity contribution < 1.29 is 4.79 Å². The molecule has 1 aromatic rings. The van der Waals surface area contributed by atoms with Crippen molar-refractivity contribution in [1.29, 1.82) is 0 Å². The Morgan fingerprint density at radius 1 is 1.41 bits per heavy atom. The molecule has 0 saturated heterocycles. The van der Waals surface area contributed by atoms with Crippen molar-refractivity contribution in [3.8, 4) is 0 Å². The predicted molar refractivity (Wildman–Crippen MR) is 73.0 cm³/mol. The monoisotopic (exact) mass is 252 g/mol. The maximum absolute atomic E-state index is 11.1. The van der Waals surface area contributed by atoms with Crippen LogP contribution in [0.25, 0.3) is 0 Å². The summed E-state index contributed by atoms with van der Waals surface area (Å²) in [5.74, 6) is -0.245. The van der Waals surface area contributed by atoms with Crippen molar-refractivity contribution in [3.05, 3.63) is 29.8 Å². The molecule has 0 spiro atoms. The number of primary amides is 1. The van der Waals surface area contributed by atoms with Crippen LogP contribution in [0.5, 0.6) is 0 Å². The summed E-state index contributed by atoms with van der Waals surface area (Å²) in [5.41, 5.74) is 6.56.